The van der Waals surface area contributed by atoms with Crippen molar-refractivity contribution in [2.75, 3.05) is 26.6 Å². The number of phenolic OH excluding ortho intramolecular Hbond substituents is 1. The van der Waals surface area contributed by atoms with Crippen LogP contribution in [0.4, 0.5) is 5.69 Å². The molecule has 4 rings (SSSR count). The zero-order valence-corrected chi connectivity index (χ0v) is 20.8. The fourth-order valence-corrected chi connectivity index (χ4v) is 4.48. The Balaban J connectivity index is 1.82. The van der Waals surface area contributed by atoms with Crippen molar-refractivity contribution >= 4 is 22.4 Å². The minimum absolute atomic E-state index is 0.0868. The van der Waals surface area contributed by atoms with Crippen molar-refractivity contribution in [2.24, 2.45) is 0 Å². The first kappa shape index (κ1) is 25.4. The zero-order valence-electron chi connectivity index (χ0n) is 20.8. The second-order valence-corrected chi connectivity index (χ2v) is 8.35. The van der Waals surface area contributed by atoms with E-state index in [9.17, 15) is 19.8 Å². The average Bonchev–Trinajstić information content (AvgIpc) is 2.87. The molecule has 1 aromatic heterocycles. The first-order valence-corrected chi connectivity index (χ1v) is 11.4. The minimum Gasteiger partial charge on any atom is -0.507 e. The van der Waals surface area contributed by atoms with Crippen LogP contribution in [0.25, 0.3) is 10.8 Å². The molecule has 3 N–H and O–H groups in total. The van der Waals surface area contributed by atoms with Crippen molar-refractivity contribution in [3.8, 4) is 28.7 Å². The number of carbonyl (C=O) groups excluding carboxylic acids is 1. The van der Waals surface area contributed by atoms with Gasteiger partial charge in [0.1, 0.15) is 17.3 Å². The Morgan fingerprint density at radius 3 is 2.30 bits per heavy atom. The molecule has 0 saturated heterocycles. The first-order chi connectivity index (χ1) is 17.8. The van der Waals surface area contributed by atoms with Crippen LogP contribution in [-0.4, -0.2) is 37.4 Å². The molecular weight excluding hydrogens is 478 g/mol. The minimum atomic E-state index is -0.963. The van der Waals surface area contributed by atoms with Crippen molar-refractivity contribution in [3.63, 3.8) is 0 Å². The largest absolute Gasteiger partial charge is 0.507 e. The Morgan fingerprint density at radius 2 is 1.62 bits per heavy atom. The smallest absolute Gasteiger partial charge is 0.343 e. The molecule has 9 nitrogen and oxygen atoms in total. The topological polar surface area (TPSA) is 127 Å². The summed E-state index contributed by atoms with van der Waals surface area (Å²) in [5.74, 6) is -0.497. The fraction of sp³-hybridized carbons (Fsp3) is 0.214. The number of methoxy groups -OCH3 is 3. The number of rotatable bonds is 8. The molecule has 9 heteroatoms. The molecule has 0 spiro atoms. The molecule has 0 fully saturated rings. The lowest BCUT2D eigenvalue weighted by Crippen LogP contribution is -2.21. The van der Waals surface area contributed by atoms with Gasteiger partial charge in [-0.1, -0.05) is 30.3 Å². The van der Waals surface area contributed by atoms with E-state index in [2.05, 4.69) is 5.32 Å². The maximum atomic E-state index is 13.4. The van der Waals surface area contributed by atoms with Crippen molar-refractivity contribution in [1.82, 2.24) is 0 Å². The van der Waals surface area contributed by atoms with Crippen LogP contribution in [0.5, 0.6) is 28.7 Å². The number of hydrogen-bond acceptors (Lipinski definition) is 8. The number of aryl methyl sites for hydroxylation is 1. The van der Waals surface area contributed by atoms with Crippen LogP contribution >= 0.6 is 0 Å². The van der Waals surface area contributed by atoms with E-state index in [0.29, 0.717) is 27.8 Å². The first-order valence-electron chi connectivity index (χ1n) is 11.4. The van der Waals surface area contributed by atoms with E-state index < -0.39 is 17.5 Å². The third-order valence-electron chi connectivity index (χ3n) is 6.11. The highest BCUT2D eigenvalue weighted by Crippen LogP contribution is 2.46. The molecule has 37 heavy (non-hydrogen) atoms. The van der Waals surface area contributed by atoms with Crippen molar-refractivity contribution in [3.05, 3.63) is 81.9 Å². The van der Waals surface area contributed by atoms with Gasteiger partial charge in [-0.25, -0.2) is 4.79 Å². The number of carbonyl (C=O) groups is 1. The van der Waals surface area contributed by atoms with Gasteiger partial charge in [-0.15, -0.1) is 0 Å². The highest BCUT2D eigenvalue weighted by molar-refractivity contribution is 6.04. The molecule has 0 radical (unpaired) electrons. The number of phenols is 1. The lowest BCUT2D eigenvalue weighted by atomic mass is 9.87. The number of aromatic hydroxyl groups is 2. The quantitative estimate of drug-likeness (QED) is 0.315. The van der Waals surface area contributed by atoms with Gasteiger partial charge >= 0.3 is 5.63 Å². The van der Waals surface area contributed by atoms with Gasteiger partial charge in [0, 0.05) is 40.4 Å². The van der Waals surface area contributed by atoms with Crippen LogP contribution in [0.15, 0.2) is 63.8 Å². The summed E-state index contributed by atoms with van der Waals surface area (Å²) in [5.41, 5.74) is 0.0259. The maximum absolute atomic E-state index is 13.4. The SMILES string of the molecule is COc1ccc([C@@H](CC(=O)Nc2cccc3c(O)cccc23)c2c(O)cc(C)oc2=O)c(OC)c1OC. The molecule has 1 amide bonds. The van der Waals surface area contributed by atoms with Crippen LogP contribution in [0.3, 0.4) is 0 Å². The average molecular weight is 506 g/mol. The van der Waals surface area contributed by atoms with Crippen LogP contribution in [-0.2, 0) is 4.79 Å². The zero-order chi connectivity index (χ0) is 26.7. The number of ether oxygens (including phenoxy) is 3. The molecule has 4 aromatic rings. The Hall–Kier alpha value is -4.66. The van der Waals surface area contributed by atoms with Gasteiger partial charge in [-0.3, -0.25) is 4.79 Å². The Bertz CT molecular complexity index is 1530. The molecule has 1 heterocycles. The van der Waals surface area contributed by atoms with E-state index >= 15 is 0 Å². The normalized spacial score (nSPS) is 11.7. The second-order valence-electron chi connectivity index (χ2n) is 8.35. The van der Waals surface area contributed by atoms with E-state index in [-0.39, 0.29) is 40.7 Å². The molecule has 0 aliphatic heterocycles. The van der Waals surface area contributed by atoms with E-state index in [1.54, 1.807) is 55.5 Å². The van der Waals surface area contributed by atoms with E-state index in [4.69, 9.17) is 18.6 Å². The number of nitrogens with one attached hydrogen (secondary N) is 1. The Morgan fingerprint density at radius 1 is 0.919 bits per heavy atom. The Labute approximate surface area is 212 Å². The summed E-state index contributed by atoms with van der Waals surface area (Å²) in [6, 6.07) is 14.8. The lowest BCUT2D eigenvalue weighted by Gasteiger charge is -2.22. The standard InChI is InChI=1S/C28H27NO8/c1-15-13-22(31)25(28(33)37-15)19(18-11-12-23(34-2)27(36-4)26(18)35-3)14-24(32)29-20-9-5-8-17-16(20)7-6-10-21(17)30/h5-13,19,30-31H,14H2,1-4H3,(H,29,32)/t19-/m1/s1. The molecule has 3 aromatic carbocycles. The van der Waals surface area contributed by atoms with Gasteiger partial charge in [0.15, 0.2) is 11.5 Å². The van der Waals surface area contributed by atoms with Crippen LogP contribution in [0, 0.1) is 6.92 Å². The summed E-state index contributed by atoms with van der Waals surface area (Å²) in [5, 5.41) is 25.0. The van der Waals surface area contributed by atoms with Crippen LogP contribution in [0.1, 0.15) is 29.2 Å². The molecule has 0 unspecified atom stereocenters. The number of benzene rings is 3. The summed E-state index contributed by atoms with van der Waals surface area (Å²) in [7, 11) is 4.35. The van der Waals surface area contributed by atoms with Crippen LogP contribution < -0.4 is 25.2 Å². The highest BCUT2D eigenvalue weighted by atomic mass is 16.5. The van der Waals surface area contributed by atoms with Crippen LogP contribution in [0.2, 0.25) is 0 Å². The van der Waals surface area contributed by atoms with Gasteiger partial charge in [0.25, 0.3) is 0 Å². The molecule has 192 valence electrons. The number of anilines is 1. The monoisotopic (exact) mass is 505 g/mol. The molecule has 0 aliphatic rings. The summed E-state index contributed by atoms with van der Waals surface area (Å²) in [4.78, 5) is 26.3. The highest BCUT2D eigenvalue weighted by Gasteiger charge is 2.31. The third kappa shape index (κ3) is 4.88. The second kappa shape index (κ2) is 10.5. The predicted molar refractivity (Wildman–Crippen MR) is 138 cm³/mol. The van der Waals surface area contributed by atoms with E-state index in [0.717, 1.165) is 0 Å². The number of amides is 1. The number of fused-ring (bicyclic) bond motifs is 1. The Kier molecular flexibility index (Phi) is 7.24. The van der Waals surface area contributed by atoms with E-state index in [1.807, 2.05) is 0 Å². The maximum Gasteiger partial charge on any atom is 0.343 e. The molecule has 0 saturated carbocycles. The van der Waals surface area contributed by atoms with Gasteiger partial charge in [0.2, 0.25) is 11.7 Å². The lowest BCUT2D eigenvalue weighted by molar-refractivity contribution is -0.116. The molecule has 0 bridgehead atoms. The summed E-state index contributed by atoms with van der Waals surface area (Å²) in [6.45, 7) is 1.54. The fourth-order valence-electron chi connectivity index (χ4n) is 4.48. The third-order valence-corrected chi connectivity index (χ3v) is 6.11. The molecule has 0 aliphatic carbocycles. The summed E-state index contributed by atoms with van der Waals surface area (Å²) >= 11 is 0. The predicted octanol–water partition coefficient (Wildman–Crippen LogP) is 4.70. The van der Waals surface area contributed by atoms with Gasteiger partial charge in [0.05, 0.1) is 26.9 Å². The van der Waals surface area contributed by atoms with Gasteiger partial charge in [-0.2, -0.15) is 0 Å². The van der Waals surface area contributed by atoms with Crippen molar-refractivity contribution in [1.29, 1.82) is 0 Å². The summed E-state index contributed by atoms with van der Waals surface area (Å²) in [6.07, 6.45) is -0.248. The van der Waals surface area contributed by atoms with E-state index in [1.165, 1.54) is 27.4 Å². The summed E-state index contributed by atoms with van der Waals surface area (Å²) < 4.78 is 21.7. The van der Waals surface area contributed by atoms with Gasteiger partial charge in [-0.05, 0) is 25.1 Å². The van der Waals surface area contributed by atoms with Gasteiger partial charge < -0.3 is 34.2 Å². The number of hydrogen-bond donors (Lipinski definition) is 3. The molecular formula is C28H27NO8. The molecule has 1 atom stereocenters. The van der Waals surface area contributed by atoms with Crippen molar-refractivity contribution < 1.29 is 33.6 Å². The van der Waals surface area contributed by atoms with Crippen molar-refractivity contribution in [2.45, 2.75) is 19.3 Å².